The summed E-state index contributed by atoms with van der Waals surface area (Å²) in [4.78, 5) is 38.5. The Labute approximate surface area is 193 Å². The molecular weight excluding hydrogens is 422 g/mol. The zero-order valence-electron chi connectivity index (χ0n) is 19.3. The lowest BCUT2D eigenvalue weighted by Crippen LogP contribution is -2.38. The number of rotatable bonds is 9. The quantitative estimate of drug-likeness (QED) is 0.444. The minimum Gasteiger partial charge on any atom is -0.493 e. The second kappa shape index (κ2) is 10.7. The second-order valence-electron chi connectivity index (χ2n) is 7.69. The van der Waals surface area contributed by atoms with Gasteiger partial charge in [-0.25, -0.2) is 9.69 Å². The average Bonchev–Trinajstić information content (AvgIpc) is 3.07. The van der Waals surface area contributed by atoms with E-state index in [4.69, 9.17) is 9.47 Å². The number of carbonyl (C=O) groups excluding carboxylic acids is 3. The number of hydrogen-bond donors (Lipinski definition) is 2. The van der Waals surface area contributed by atoms with E-state index in [1.54, 1.807) is 30.3 Å². The summed E-state index contributed by atoms with van der Waals surface area (Å²) in [5, 5.41) is 5.31. The van der Waals surface area contributed by atoms with Crippen LogP contribution in [0.3, 0.4) is 0 Å². The third kappa shape index (κ3) is 5.71. The van der Waals surface area contributed by atoms with Crippen LogP contribution >= 0.6 is 0 Å². The summed E-state index contributed by atoms with van der Waals surface area (Å²) < 4.78 is 11.2. The van der Waals surface area contributed by atoms with Crippen molar-refractivity contribution in [1.29, 1.82) is 0 Å². The number of amides is 4. The molecule has 2 N–H and O–H groups in total. The van der Waals surface area contributed by atoms with Crippen molar-refractivity contribution in [3.8, 4) is 11.5 Å². The number of nitrogens with one attached hydrogen (secondary N) is 2. The van der Waals surface area contributed by atoms with Crippen LogP contribution < -0.4 is 20.1 Å². The van der Waals surface area contributed by atoms with Crippen molar-refractivity contribution in [1.82, 2.24) is 10.2 Å². The van der Waals surface area contributed by atoms with Crippen molar-refractivity contribution in [2.75, 3.05) is 19.0 Å². The molecule has 33 heavy (non-hydrogen) atoms. The molecule has 0 bridgehead atoms. The first-order valence-corrected chi connectivity index (χ1v) is 10.9. The van der Waals surface area contributed by atoms with Crippen molar-refractivity contribution in [3.05, 3.63) is 59.3 Å². The Kier molecular flexibility index (Phi) is 7.71. The van der Waals surface area contributed by atoms with E-state index < -0.39 is 17.8 Å². The van der Waals surface area contributed by atoms with Crippen LogP contribution in [0.1, 0.15) is 38.3 Å². The van der Waals surface area contributed by atoms with Crippen LogP contribution in [0.2, 0.25) is 0 Å². The normalized spacial score (nSPS) is 15.4. The second-order valence-corrected chi connectivity index (χ2v) is 7.69. The summed E-state index contributed by atoms with van der Waals surface area (Å²) in [6.45, 7) is 5.59. The number of hydrogen-bond acceptors (Lipinski definition) is 5. The fraction of sp³-hybridized carbons (Fsp3) is 0.320. The van der Waals surface area contributed by atoms with Gasteiger partial charge >= 0.3 is 6.03 Å². The highest BCUT2D eigenvalue weighted by molar-refractivity contribution is 6.16. The molecule has 1 fully saturated rings. The van der Waals surface area contributed by atoms with Gasteiger partial charge in [0.15, 0.2) is 11.5 Å². The third-order valence-corrected chi connectivity index (χ3v) is 5.34. The van der Waals surface area contributed by atoms with Gasteiger partial charge in [0.2, 0.25) is 5.91 Å². The zero-order valence-corrected chi connectivity index (χ0v) is 19.3. The van der Waals surface area contributed by atoms with E-state index in [0.29, 0.717) is 22.7 Å². The summed E-state index contributed by atoms with van der Waals surface area (Å²) in [6.07, 6.45) is 3.17. The highest BCUT2D eigenvalue weighted by Crippen LogP contribution is 2.30. The maximum atomic E-state index is 12.8. The highest BCUT2D eigenvalue weighted by Gasteiger charge is 2.35. The Morgan fingerprint density at radius 1 is 1.15 bits per heavy atom. The largest absolute Gasteiger partial charge is 0.493 e. The standard InChI is InChI=1S/C25H29N3O5/c1-5-16(3)33-21-12-11-17(14-22(21)32-4)13-20-24(30)28(25(31)27-20)15-23(29)26-19-10-8-7-9-18(19)6-2/h7-14,16H,5-6,15H2,1-4H3,(H,26,29)(H,27,31)/b20-13+/t16-/m1/s1. The fourth-order valence-corrected chi connectivity index (χ4v) is 3.34. The molecule has 1 atom stereocenters. The van der Waals surface area contributed by atoms with Crippen LogP contribution in [0.4, 0.5) is 10.5 Å². The van der Waals surface area contributed by atoms with E-state index in [1.165, 1.54) is 7.11 Å². The van der Waals surface area contributed by atoms with E-state index in [-0.39, 0.29) is 18.3 Å². The first-order valence-electron chi connectivity index (χ1n) is 10.9. The number of urea groups is 1. The van der Waals surface area contributed by atoms with Gasteiger partial charge in [0.1, 0.15) is 12.2 Å². The number of nitrogens with zero attached hydrogens (tertiary/aromatic N) is 1. The third-order valence-electron chi connectivity index (χ3n) is 5.34. The Morgan fingerprint density at radius 2 is 1.91 bits per heavy atom. The lowest BCUT2D eigenvalue weighted by atomic mass is 10.1. The highest BCUT2D eigenvalue weighted by atomic mass is 16.5. The molecule has 2 aromatic carbocycles. The Balaban J connectivity index is 1.72. The van der Waals surface area contributed by atoms with Gasteiger partial charge in [-0.05, 0) is 55.2 Å². The van der Waals surface area contributed by atoms with E-state index in [9.17, 15) is 14.4 Å². The summed E-state index contributed by atoms with van der Waals surface area (Å²) in [7, 11) is 1.54. The predicted molar refractivity (Wildman–Crippen MR) is 126 cm³/mol. The van der Waals surface area contributed by atoms with E-state index in [0.717, 1.165) is 23.3 Å². The van der Waals surface area contributed by atoms with Gasteiger partial charge in [0.05, 0.1) is 13.2 Å². The molecule has 0 aliphatic carbocycles. The average molecular weight is 452 g/mol. The summed E-state index contributed by atoms with van der Waals surface area (Å²) in [5.41, 5.74) is 2.37. The topological polar surface area (TPSA) is 97.0 Å². The summed E-state index contributed by atoms with van der Waals surface area (Å²) >= 11 is 0. The molecule has 8 heteroatoms. The van der Waals surface area contributed by atoms with Gasteiger partial charge in [-0.3, -0.25) is 9.59 Å². The molecule has 0 aromatic heterocycles. The number of anilines is 1. The monoisotopic (exact) mass is 451 g/mol. The van der Waals surface area contributed by atoms with Gasteiger partial charge < -0.3 is 20.1 Å². The Bertz CT molecular complexity index is 1080. The van der Waals surface area contributed by atoms with Crippen LogP contribution in [0.15, 0.2) is 48.2 Å². The first kappa shape index (κ1) is 23.8. The van der Waals surface area contributed by atoms with Crippen LogP contribution in [0.5, 0.6) is 11.5 Å². The molecule has 0 radical (unpaired) electrons. The lowest BCUT2D eigenvalue weighted by Gasteiger charge is -2.15. The molecule has 1 aliphatic heterocycles. The maximum absolute atomic E-state index is 12.8. The number of carbonyl (C=O) groups is 3. The molecule has 3 rings (SSSR count). The molecular formula is C25H29N3O5. The lowest BCUT2D eigenvalue weighted by molar-refractivity contribution is -0.127. The van der Waals surface area contributed by atoms with Crippen molar-refractivity contribution >= 4 is 29.6 Å². The number of ether oxygens (including phenoxy) is 2. The van der Waals surface area contributed by atoms with Crippen LogP contribution in [0, 0.1) is 0 Å². The van der Waals surface area contributed by atoms with E-state index >= 15 is 0 Å². The van der Waals surface area contributed by atoms with Gasteiger partial charge in [-0.15, -0.1) is 0 Å². The molecule has 1 saturated heterocycles. The zero-order chi connectivity index (χ0) is 24.0. The number of benzene rings is 2. The van der Waals surface area contributed by atoms with Crippen molar-refractivity contribution in [3.63, 3.8) is 0 Å². The molecule has 4 amide bonds. The molecule has 1 aliphatic rings. The Hall–Kier alpha value is -3.81. The van der Waals surface area contributed by atoms with Crippen molar-refractivity contribution in [2.24, 2.45) is 0 Å². The van der Waals surface area contributed by atoms with Crippen LogP contribution in [0.25, 0.3) is 6.08 Å². The minimum absolute atomic E-state index is 0.0304. The number of aryl methyl sites for hydroxylation is 1. The van der Waals surface area contributed by atoms with Gasteiger partial charge in [0.25, 0.3) is 5.91 Å². The van der Waals surface area contributed by atoms with E-state index in [2.05, 4.69) is 10.6 Å². The number of imide groups is 1. The number of para-hydroxylation sites is 1. The molecule has 0 saturated carbocycles. The first-order chi connectivity index (χ1) is 15.9. The molecule has 8 nitrogen and oxygen atoms in total. The smallest absolute Gasteiger partial charge is 0.329 e. The van der Waals surface area contributed by atoms with Crippen molar-refractivity contribution < 1.29 is 23.9 Å². The summed E-state index contributed by atoms with van der Waals surface area (Å²) in [6, 6.07) is 12.0. The van der Waals surface area contributed by atoms with Crippen LogP contribution in [-0.4, -0.2) is 42.5 Å². The maximum Gasteiger partial charge on any atom is 0.329 e. The van der Waals surface area contributed by atoms with Gasteiger partial charge in [-0.1, -0.05) is 38.1 Å². The van der Waals surface area contributed by atoms with E-state index in [1.807, 2.05) is 39.0 Å². The molecule has 174 valence electrons. The van der Waals surface area contributed by atoms with Gasteiger partial charge in [0, 0.05) is 5.69 Å². The Morgan fingerprint density at radius 3 is 2.61 bits per heavy atom. The predicted octanol–water partition coefficient (Wildman–Crippen LogP) is 3.97. The molecule has 1 heterocycles. The molecule has 0 spiro atoms. The SMILES string of the molecule is CCc1ccccc1NC(=O)CN1C(=O)N/C(=C/c2ccc(O[C@H](C)CC)c(OC)c2)C1=O. The van der Waals surface area contributed by atoms with Crippen molar-refractivity contribution in [2.45, 2.75) is 39.7 Å². The van der Waals surface area contributed by atoms with Gasteiger partial charge in [-0.2, -0.15) is 0 Å². The molecule has 0 unspecified atom stereocenters. The number of methoxy groups -OCH3 is 1. The molecule has 2 aromatic rings. The summed E-state index contributed by atoms with van der Waals surface area (Å²) in [5.74, 6) is 0.0976. The fourth-order valence-electron chi connectivity index (χ4n) is 3.34. The van der Waals surface area contributed by atoms with Crippen LogP contribution in [-0.2, 0) is 16.0 Å². The minimum atomic E-state index is -0.645.